The molecule has 2 atom stereocenters. The molecule has 2 aromatic carbocycles. The van der Waals surface area contributed by atoms with Crippen LogP contribution in [-0.2, 0) is 21.4 Å². The molecule has 11 nitrogen and oxygen atoms in total. The minimum atomic E-state index is -0.931. The third kappa shape index (κ3) is 10.2. The van der Waals surface area contributed by atoms with Gasteiger partial charge in [-0.15, -0.1) is 0 Å². The van der Waals surface area contributed by atoms with E-state index in [-0.39, 0.29) is 29.9 Å². The first-order chi connectivity index (χ1) is 24.5. The number of hydrogen-bond acceptors (Lipinski definition) is 8. The highest BCUT2D eigenvalue weighted by Crippen LogP contribution is 2.25. The second-order valence-electron chi connectivity index (χ2n) is 14.2. The van der Waals surface area contributed by atoms with Crippen LogP contribution in [0.15, 0.2) is 73.3 Å². The van der Waals surface area contributed by atoms with Gasteiger partial charge in [-0.1, -0.05) is 89.8 Å². The number of ether oxygens (including phenoxy) is 1. The zero-order valence-electron chi connectivity index (χ0n) is 30.0. The molecule has 1 fully saturated rings. The van der Waals surface area contributed by atoms with Crippen molar-refractivity contribution in [3.63, 3.8) is 0 Å². The number of nitrogens with one attached hydrogen (secondary N) is 1. The Hall–Kier alpha value is -5.19. The van der Waals surface area contributed by atoms with Crippen molar-refractivity contribution in [3.8, 4) is 28.3 Å². The predicted octanol–water partition coefficient (Wildman–Crippen LogP) is 6.52. The summed E-state index contributed by atoms with van der Waals surface area (Å²) < 4.78 is 5.89. The molecule has 2 unspecified atom stereocenters. The topological polar surface area (TPSA) is 148 Å². The van der Waals surface area contributed by atoms with E-state index < -0.39 is 23.8 Å². The van der Waals surface area contributed by atoms with Gasteiger partial charge in [0.05, 0.1) is 18.1 Å². The van der Waals surface area contributed by atoms with E-state index in [0.717, 1.165) is 41.0 Å². The van der Waals surface area contributed by atoms with Gasteiger partial charge in [-0.05, 0) is 36.1 Å². The number of hydrogen-bond donors (Lipinski definition) is 2. The van der Waals surface area contributed by atoms with E-state index in [1.54, 1.807) is 12.4 Å². The number of likely N-dealkylation sites (tertiary alicyclic amines) is 1. The number of amides is 2. The van der Waals surface area contributed by atoms with Crippen LogP contribution in [0.3, 0.4) is 0 Å². The van der Waals surface area contributed by atoms with Gasteiger partial charge in [0.15, 0.2) is 5.82 Å². The molecule has 51 heavy (non-hydrogen) atoms. The van der Waals surface area contributed by atoms with Crippen molar-refractivity contribution >= 4 is 17.8 Å². The average molecular weight is 693 g/mol. The molecule has 0 aliphatic carbocycles. The lowest BCUT2D eigenvalue weighted by molar-refractivity contribution is -0.141. The van der Waals surface area contributed by atoms with Crippen molar-refractivity contribution in [3.05, 3.63) is 90.3 Å². The Morgan fingerprint density at radius 1 is 0.863 bits per heavy atom. The molecule has 1 aliphatic rings. The van der Waals surface area contributed by atoms with Crippen LogP contribution in [-0.4, -0.2) is 73.5 Å². The van der Waals surface area contributed by atoms with Crippen LogP contribution in [0, 0.1) is 5.92 Å². The summed E-state index contributed by atoms with van der Waals surface area (Å²) in [5, 5.41) is 12.3. The number of carbonyl (C=O) groups is 3. The fourth-order valence-electron chi connectivity index (χ4n) is 5.95. The summed E-state index contributed by atoms with van der Waals surface area (Å²) >= 11 is 0. The highest BCUT2D eigenvalue weighted by Gasteiger charge is 2.35. The van der Waals surface area contributed by atoms with E-state index >= 15 is 0 Å². The molecule has 1 aliphatic heterocycles. The number of unbranched alkanes of at least 4 members (excludes halogenated alkanes) is 4. The molecule has 2 aromatic heterocycles. The standard InChI is InChI=1S/C40H48N6O5/c1-5-6-7-8-9-20-51-33-16-14-28(15-17-33)31-22-41-35(42-23-31)29-12-10-27(11-13-29)21-34(37(48)46-19-18-30(26-46)38(49)50)45-36(47)32-24-43-39(44-25-32)40(2,3)4/h10-17,22-25,30,34H,5-9,18-21,26H2,1-4H3,(H,45,47)(H,49,50). The van der Waals surface area contributed by atoms with E-state index in [1.165, 1.54) is 43.0 Å². The van der Waals surface area contributed by atoms with E-state index in [4.69, 9.17) is 4.74 Å². The maximum Gasteiger partial charge on any atom is 0.308 e. The summed E-state index contributed by atoms with van der Waals surface area (Å²) in [6.45, 7) is 9.30. The van der Waals surface area contributed by atoms with Crippen molar-refractivity contribution in [2.24, 2.45) is 5.92 Å². The lowest BCUT2D eigenvalue weighted by atomic mass is 9.96. The molecule has 1 saturated heterocycles. The van der Waals surface area contributed by atoms with Crippen LogP contribution >= 0.6 is 0 Å². The molecule has 4 aromatic rings. The summed E-state index contributed by atoms with van der Waals surface area (Å²) in [4.78, 5) is 57.9. The first-order valence-corrected chi connectivity index (χ1v) is 17.8. The fourth-order valence-corrected chi connectivity index (χ4v) is 5.95. The molecule has 0 bridgehead atoms. The summed E-state index contributed by atoms with van der Waals surface area (Å²) in [7, 11) is 0. The molecule has 3 heterocycles. The number of carbonyl (C=O) groups excluding carboxylic acids is 2. The molecule has 0 spiro atoms. The van der Waals surface area contributed by atoms with Crippen molar-refractivity contribution in [2.45, 2.75) is 84.1 Å². The zero-order valence-corrected chi connectivity index (χ0v) is 30.0. The van der Waals surface area contributed by atoms with Gasteiger partial charge in [0.25, 0.3) is 5.91 Å². The highest BCUT2D eigenvalue weighted by molar-refractivity contribution is 5.97. The summed E-state index contributed by atoms with van der Waals surface area (Å²) in [6, 6.07) is 14.6. The number of aromatic nitrogens is 4. The van der Waals surface area contributed by atoms with Crippen molar-refractivity contribution < 1.29 is 24.2 Å². The monoisotopic (exact) mass is 692 g/mol. The van der Waals surface area contributed by atoms with E-state index in [9.17, 15) is 19.5 Å². The lowest BCUT2D eigenvalue weighted by Gasteiger charge is -2.24. The fraction of sp³-hybridized carbons (Fsp3) is 0.425. The third-order valence-electron chi connectivity index (χ3n) is 9.05. The van der Waals surface area contributed by atoms with Crippen LogP contribution in [0.2, 0.25) is 0 Å². The predicted molar refractivity (Wildman–Crippen MR) is 195 cm³/mol. The number of carboxylic acids is 1. The van der Waals surface area contributed by atoms with Gasteiger partial charge in [0.1, 0.15) is 17.6 Å². The SMILES string of the molecule is CCCCCCCOc1ccc(-c2cnc(-c3ccc(CC(NC(=O)c4cnc(C(C)(C)C)nc4)C(=O)N4CCC(C(=O)O)C4)cc3)nc2)cc1. The average Bonchev–Trinajstić information content (AvgIpc) is 3.64. The molecule has 0 saturated carbocycles. The quantitative estimate of drug-likeness (QED) is 0.133. The van der Waals surface area contributed by atoms with E-state index in [0.29, 0.717) is 24.6 Å². The molecule has 0 radical (unpaired) electrons. The Bertz CT molecular complexity index is 1750. The maximum absolute atomic E-state index is 13.7. The van der Waals surface area contributed by atoms with Gasteiger partial charge in [0.2, 0.25) is 5.91 Å². The third-order valence-corrected chi connectivity index (χ3v) is 9.05. The number of benzene rings is 2. The van der Waals surface area contributed by atoms with Crippen LogP contribution < -0.4 is 10.1 Å². The summed E-state index contributed by atoms with van der Waals surface area (Å²) in [6.07, 6.45) is 13.1. The number of rotatable bonds is 15. The minimum absolute atomic E-state index is 0.104. The zero-order chi connectivity index (χ0) is 36.4. The molecular formula is C40H48N6O5. The van der Waals surface area contributed by atoms with Crippen LogP contribution in [0.4, 0.5) is 0 Å². The van der Waals surface area contributed by atoms with Crippen molar-refractivity contribution in [2.75, 3.05) is 19.7 Å². The van der Waals surface area contributed by atoms with Crippen LogP contribution in [0.25, 0.3) is 22.5 Å². The lowest BCUT2D eigenvalue weighted by Crippen LogP contribution is -2.49. The van der Waals surface area contributed by atoms with Crippen LogP contribution in [0.5, 0.6) is 5.75 Å². The van der Waals surface area contributed by atoms with Gasteiger partial charge in [-0.2, -0.15) is 0 Å². The van der Waals surface area contributed by atoms with Crippen LogP contribution in [0.1, 0.15) is 88.0 Å². The number of aliphatic carboxylic acids is 1. The maximum atomic E-state index is 13.7. The van der Waals surface area contributed by atoms with E-state index in [2.05, 4.69) is 32.2 Å². The van der Waals surface area contributed by atoms with Gasteiger partial charge < -0.3 is 20.1 Å². The normalized spacial score (nSPS) is 15.0. The second-order valence-corrected chi connectivity index (χ2v) is 14.2. The van der Waals surface area contributed by atoms with Crippen molar-refractivity contribution in [1.29, 1.82) is 0 Å². The largest absolute Gasteiger partial charge is 0.494 e. The summed E-state index contributed by atoms with van der Waals surface area (Å²) in [5.74, 6) is -0.354. The smallest absolute Gasteiger partial charge is 0.308 e. The Labute approximate surface area is 299 Å². The Morgan fingerprint density at radius 2 is 1.51 bits per heavy atom. The Kier molecular flexibility index (Phi) is 12.5. The van der Waals surface area contributed by atoms with Gasteiger partial charge >= 0.3 is 5.97 Å². The minimum Gasteiger partial charge on any atom is -0.494 e. The Balaban J connectivity index is 1.23. The van der Waals surface area contributed by atoms with Gasteiger partial charge in [0, 0.05) is 60.8 Å². The molecule has 268 valence electrons. The van der Waals surface area contributed by atoms with Gasteiger partial charge in [-0.25, -0.2) is 19.9 Å². The molecule has 5 rings (SSSR count). The first kappa shape index (κ1) is 37.1. The second kappa shape index (κ2) is 17.2. The summed E-state index contributed by atoms with van der Waals surface area (Å²) in [5.41, 5.74) is 3.46. The molecular weight excluding hydrogens is 644 g/mol. The Morgan fingerprint density at radius 3 is 2.12 bits per heavy atom. The van der Waals surface area contributed by atoms with Gasteiger partial charge in [-0.3, -0.25) is 14.4 Å². The molecule has 2 N–H and O–H groups in total. The van der Waals surface area contributed by atoms with Crippen molar-refractivity contribution in [1.82, 2.24) is 30.2 Å². The number of carboxylic acid groups (broad SMARTS) is 1. The molecule has 11 heteroatoms. The first-order valence-electron chi connectivity index (χ1n) is 17.8. The molecule has 2 amide bonds. The number of nitrogens with zero attached hydrogens (tertiary/aromatic N) is 5. The van der Waals surface area contributed by atoms with E-state index in [1.807, 2.05) is 69.3 Å². The highest BCUT2D eigenvalue weighted by atomic mass is 16.5.